The normalized spacial score (nSPS) is 9.00. The lowest BCUT2D eigenvalue weighted by atomic mass is 10.8. The second-order valence-corrected chi connectivity index (χ2v) is 0.712. The molecule has 3 nitrogen and oxygen atoms in total. The number of hydrogen-bond donors (Lipinski definition) is 1. The van der Waals surface area contributed by atoms with Crippen LogP contribution in [-0.4, -0.2) is 25.4 Å². The van der Waals surface area contributed by atoms with Gasteiger partial charge in [0.25, 0.3) is 0 Å². The molecule has 0 fully saturated rings. The Morgan fingerprint density at radius 2 is 2.33 bits per heavy atom. The first-order valence-electron chi connectivity index (χ1n) is 1.68. The van der Waals surface area contributed by atoms with Crippen molar-refractivity contribution < 1.29 is 14.9 Å². The van der Waals surface area contributed by atoms with E-state index in [1.807, 2.05) is 0 Å². The van der Waals surface area contributed by atoms with Crippen LogP contribution in [0.4, 0.5) is 0 Å². The monoisotopic (exact) mass is 92.0 g/mol. The fraction of sp³-hybridized carbons (Fsp3) is 1.00. The van der Waals surface area contributed by atoms with E-state index >= 15 is 0 Å². The zero-order valence-electron chi connectivity index (χ0n) is 3.68. The van der Waals surface area contributed by atoms with Crippen LogP contribution in [0.15, 0.2) is 0 Å². The number of aliphatic hydroxyl groups is 1. The van der Waals surface area contributed by atoms with E-state index in [2.05, 4.69) is 9.78 Å². The topological polar surface area (TPSA) is 38.7 Å². The molecule has 0 aliphatic rings. The Morgan fingerprint density at radius 3 is 2.50 bits per heavy atom. The van der Waals surface area contributed by atoms with Crippen molar-refractivity contribution in [2.24, 2.45) is 0 Å². The van der Waals surface area contributed by atoms with Gasteiger partial charge in [0.15, 0.2) is 0 Å². The molecule has 38 valence electrons. The van der Waals surface area contributed by atoms with Gasteiger partial charge in [0, 0.05) is 0 Å². The Balaban J connectivity index is 2.34. The summed E-state index contributed by atoms with van der Waals surface area (Å²) in [6, 6.07) is 0. The summed E-state index contributed by atoms with van der Waals surface area (Å²) in [5.74, 6) is 0. The number of hydrogen-bond acceptors (Lipinski definition) is 3. The van der Waals surface area contributed by atoms with Crippen LogP contribution in [0.1, 0.15) is 0 Å². The third kappa shape index (κ3) is 3.88. The van der Waals surface area contributed by atoms with Crippen LogP contribution in [0.5, 0.6) is 0 Å². The highest BCUT2D eigenvalue weighted by Gasteiger charge is 1.74. The molecule has 0 spiro atoms. The molecule has 6 heavy (non-hydrogen) atoms. The standard InChI is InChI=1S/C3H8O3/c1-5-6-3-2-4/h4H,2-3H2,1H3. The number of aliphatic hydroxyl groups excluding tert-OH is 1. The zero-order chi connectivity index (χ0) is 4.83. The first-order valence-corrected chi connectivity index (χ1v) is 1.68. The van der Waals surface area contributed by atoms with Crippen LogP contribution in [0.25, 0.3) is 0 Å². The van der Waals surface area contributed by atoms with Gasteiger partial charge in [-0.2, -0.15) is 0 Å². The molecule has 0 bridgehead atoms. The van der Waals surface area contributed by atoms with Gasteiger partial charge in [-0.25, -0.2) is 9.78 Å². The first kappa shape index (κ1) is 5.88. The molecule has 0 radical (unpaired) electrons. The van der Waals surface area contributed by atoms with E-state index in [9.17, 15) is 0 Å². The lowest BCUT2D eigenvalue weighted by Gasteiger charge is -1.90. The van der Waals surface area contributed by atoms with E-state index in [0.717, 1.165) is 0 Å². The molecule has 0 unspecified atom stereocenters. The van der Waals surface area contributed by atoms with Gasteiger partial charge in [0.05, 0.1) is 13.7 Å². The van der Waals surface area contributed by atoms with Crippen molar-refractivity contribution in [1.29, 1.82) is 0 Å². The lowest BCUT2D eigenvalue weighted by molar-refractivity contribution is -0.275. The molecule has 0 rings (SSSR count). The summed E-state index contributed by atoms with van der Waals surface area (Å²) in [5.41, 5.74) is 0. The Labute approximate surface area is 36.4 Å². The van der Waals surface area contributed by atoms with Crippen molar-refractivity contribution in [3.8, 4) is 0 Å². The van der Waals surface area contributed by atoms with Crippen molar-refractivity contribution >= 4 is 0 Å². The Morgan fingerprint density at radius 1 is 1.67 bits per heavy atom. The van der Waals surface area contributed by atoms with Crippen LogP contribution in [0.3, 0.4) is 0 Å². The summed E-state index contributed by atoms with van der Waals surface area (Å²) in [6.07, 6.45) is 0. The molecule has 0 atom stereocenters. The Kier molecular flexibility index (Phi) is 4.78. The summed E-state index contributed by atoms with van der Waals surface area (Å²) >= 11 is 0. The predicted octanol–water partition coefficient (Wildman–Crippen LogP) is -0.443. The molecule has 0 heterocycles. The molecule has 0 saturated carbocycles. The van der Waals surface area contributed by atoms with Crippen molar-refractivity contribution in [2.75, 3.05) is 20.3 Å². The third-order valence-electron chi connectivity index (χ3n) is 0.292. The molecule has 1 N–H and O–H groups in total. The second-order valence-electron chi connectivity index (χ2n) is 0.712. The minimum atomic E-state index is 0.00778. The van der Waals surface area contributed by atoms with Crippen LogP contribution in [-0.2, 0) is 9.78 Å². The SMILES string of the molecule is COOCCO. The fourth-order valence-corrected chi connectivity index (χ4v) is 0.121. The van der Waals surface area contributed by atoms with Crippen LogP contribution in [0, 0.1) is 0 Å². The van der Waals surface area contributed by atoms with Gasteiger partial charge < -0.3 is 5.11 Å². The second kappa shape index (κ2) is 4.88. The molecule has 0 aromatic rings. The van der Waals surface area contributed by atoms with E-state index < -0.39 is 0 Å². The smallest absolute Gasteiger partial charge is 0.105 e. The first-order chi connectivity index (χ1) is 2.91. The average molecular weight is 92.1 g/mol. The molecule has 0 amide bonds. The molecule has 0 aromatic carbocycles. The summed E-state index contributed by atoms with van der Waals surface area (Å²) < 4.78 is 0. The van der Waals surface area contributed by atoms with Crippen LogP contribution in [0.2, 0.25) is 0 Å². The predicted molar refractivity (Wildman–Crippen MR) is 20.0 cm³/mol. The Hall–Kier alpha value is -0.120. The van der Waals surface area contributed by atoms with Gasteiger partial charge in [0.1, 0.15) is 6.61 Å². The maximum Gasteiger partial charge on any atom is 0.105 e. The summed E-state index contributed by atoms with van der Waals surface area (Å²) in [6.45, 7) is 0.254. The quantitative estimate of drug-likeness (QED) is 0.291. The highest BCUT2D eigenvalue weighted by molar-refractivity contribution is 4.10. The molecule has 0 aromatic heterocycles. The molecule has 0 saturated heterocycles. The third-order valence-corrected chi connectivity index (χ3v) is 0.292. The molecular formula is C3H8O3. The van der Waals surface area contributed by atoms with E-state index in [-0.39, 0.29) is 13.2 Å². The minimum absolute atomic E-state index is 0.00778. The lowest BCUT2D eigenvalue weighted by Crippen LogP contribution is -1.96. The van der Waals surface area contributed by atoms with E-state index in [4.69, 9.17) is 5.11 Å². The van der Waals surface area contributed by atoms with Crippen molar-refractivity contribution in [3.05, 3.63) is 0 Å². The van der Waals surface area contributed by atoms with E-state index in [1.54, 1.807) is 0 Å². The average Bonchev–Trinajstić information content (AvgIpc) is 1.61. The van der Waals surface area contributed by atoms with Crippen molar-refractivity contribution in [2.45, 2.75) is 0 Å². The van der Waals surface area contributed by atoms with Gasteiger partial charge in [-0.15, -0.1) is 0 Å². The highest BCUT2D eigenvalue weighted by atomic mass is 17.2. The molecule has 3 heteroatoms. The summed E-state index contributed by atoms with van der Waals surface area (Å²) in [4.78, 5) is 8.35. The van der Waals surface area contributed by atoms with E-state index in [0.29, 0.717) is 0 Å². The molecule has 0 aliphatic carbocycles. The fourth-order valence-electron chi connectivity index (χ4n) is 0.121. The summed E-state index contributed by atoms with van der Waals surface area (Å²) in [5, 5.41) is 7.99. The van der Waals surface area contributed by atoms with Crippen molar-refractivity contribution in [3.63, 3.8) is 0 Å². The van der Waals surface area contributed by atoms with Gasteiger partial charge in [-0.3, -0.25) is 0 Å². The van der Waals surface area contributed by atoms with Gasteiger partial charge >= 0.3 is 0 Å². The van der Waals surface area contributed by atoms with Gasteiger partial charge in [0.2, 0.25) is 0 Å². The van der Waals surface area contributed by atoms with Gasteiger partial charge in [-0.1, -0.05) is 0 Å². The van der Waals surface area contributed by atoms with Crippen LogP contribution < -0.4 is 0 Å². The Bertz CT molecular complexity index is 18.0. The van der Waals surface area contributed by atoms with Crippen molar-refractivity contribution in [1.82, 2.24) is 0 Å². The zero-order valence-corrected chi connectivity index (χ0v) is 3.68. The van der Waals surface area contributed by atoms with Crippen LogP contribution >= 0.6 is 0 Å². The largest absolute Gasteiger partial charge is 0.394 e. The van der Waals surface area contributed by atoms with E-state index in [1.165, 1.54) is 7.11 Å². The minimum Gasteiger partial charge on any atom is -0.394 e. The molecular weight excluding hydrogens is 84.0 g/mol. The highest BCUT2D eigenvalue weighted by Crippen LogP contribution is 1.66. The maximum absolute atomic E-state index is 7.99. The summed E-state index contributed by atoms with van der Waals surface area (Å²) in [7, 11) is 1.40. The molecule has 0 aliphatic heterocycles. The van der Waals surface area contributed by atoms with Gasteiger partial charge in [-0.05, 0) is 0 Å². The number of rotatable bonds is 3. The maximum atomic E-state index is 7.99.